The topological polar surface area (TPSA) is 20.2 Å². The zero-order valence-corrected chi connectivity index (χ0v) is 10.7. The van der Waals surface area contributed by atoms with Crippen molar-refractivity contribution in [2.45, 2.75) is 27.7 Å². The molecule has 0 fully saturated rings. The quantitative estimate of drug-likeness (QED) is 0.595. The van der Waals surface area contributed by atoms with Crippen molar-refractivity contribution in [3.8, 4) is 0 Å². The minimum Gasteiger partial charge on any atom is -1.00 e. The lowest BCUT2D eigenvalue weighted by atomic mass is 10.3. The van der Waals surface area contributed by atoms with Crippen LogP contribution in [0.25, 0.3) is 0 Å². The second kappa shape index (κ2) is 11.4. The zero-order valence-electron chi connectivity index (χ0n) is 9.10. The molecular weight excluding hydrogens is 218 g/mol. The molecule has 0 spiro atoms. The molecule has 3 heteroatoms. The molecule has 0 atom stereocenters. The Morgan fingerprint density at radius 3 is 0.917 bits per heavy atom. The maximum Gasteiger partial charge on any atom is 0.0757 e. The van der Waals surface area contributed by atoms with Crippen LogP contribution in [0.2, 0.25) is 0 Å². The van der Waals surface area contributed by atoms with Gasteiger partial charge in [0.1, 0.15) is 0 Å². The molecule has 2 nitrogen and oxygen atoms in total. The summed E-state index contributed by atoms with van der Waals surface area (Å²) in [6.45, 7) is 14.2. The van der Waals surface area contributed by atoms with E-state index in [1.807, 2.05) is 0 Å². The van der Waals surface area contributed by atoms with Gasteiger partial charge in [0.05, 0.1) is 26.2 Å². The van der Waals surface area contributed by atoms with Gasteiger partial charge in [-0.15, -0.1) is 0 Å². The molecule has 78 valence electrons. The molecule has 0 aromatic carbocycles. The van der Waals surface area contributed by atoms with E-state index in [0.29, 0.717) is 0 Å². The van der Waals surface area contributed by atoms with Crippen LogP contribution in [0.3, 0.4) is 0 Å². The van der Waals surface area contributed by atoms with Crippen molar-refractivity contribution in [1.82, 2.24) is 0 Å². The molecule has 0 heterocycles. The number of hydrogen-bond acceptors (Lipinski definition) is 1. The van der Waals surface area contributed by atoms with Crippen molar-refractivity contribution < 1.29 is 26.6 Å². The highest BCUT2D eigenvalue weighted by molar-refractivity contribution is 4.31. The fraction of sp³-hybridized carbons (Fsp3) is 1.00. The van der Waals surface area contributed by atoms with Crippen LogP contribution in [-0.4, -0.2) is 42.9 Å². The van der Waals surface area contributed by atoms with Gasteiger partial charge in [-0.3, -0.25) is 0 Å². The van der Waals surface area contributed by atoms with E-state index in [2.05, 4.69) is 27.7 Å². The van der Waals surface area contributed by atoms with Gasteiger partial charge in [0.15, 0.2) is 0 Å². The lowest BCUT2D eigenvalue weighted by Gasteiger charge is -2.34. The Hall–Kier alpha value is 0.400. The van der Waals surface area contributed by atoms with E-state index in [-0.39, 0.29) is 17.0 Å². The third-order valence-corrected chi connectivity index (χ3v) is 2.68. The van der Waals surface area contributed by atoms with E-state index in [0.717, 1.165) is 7.11 Å². The van der Waals surface area contributed by atoms with Crippen LogP contribution >= 0.6 is 0 Å². The Balaban J connectivity index is -0.000000249. The molecule has 0 aliphatic heterocycles. The molecule has 0 amide bonds. The van der Waals surface area contributed by atoms with Gasteiger partial charge in [0, 0.05) is 7.11 Å². The summed E-state index contributed by atoms with van der Waals surface area (Å²) in [6.07, 6.45) is 0. The summed E-state index contributed by atoms with van der Waals surface area (Å²) in [7, 11) is 1.00. The molecule has 0 rings (SSSR count). The Morgan fingerprint density at radius 1 is 0.750 bits per heavy atom. The average molecular weight is 242 g/mol. The third-order valence-electron chi connectivity index (χ3n) is 2.68. The average Bonchev–Trinajstić information content (AvgIpc) is 2.13. The largest absolute Gasteiger partial charge is 1.00 e. The standard InChI is InChI=1S/C8H20N.CH4O.BrH/c1-5-9(6-2,7-3)8-4;1-2;/h5-8H2,1-4H3;2H,1H3;1H/q+1;;/p-1. The Morgan fingerprint density at radius 2 is 0.917 bits per heavy atom. The van der Waals surface area contributed by atoms with Gasteiger partial charge in [-0.05, 0) is 27.7 Å². The molecule has 0 saturated carbocycles. The SMILES string of the molecule is CC[N+](CC)(CC)CC.CO.[Br-]. The van der Waals surface area contributed by atoms with E-state index in [1.165, 1.54) is 30.7 Å². The van der Waals surface area contributed by atoms with E-state index in [1.54, 1.807) is 0 Å². The maximum absolute atomic E-state index is 7.00. The first-order valence-corrected chi connectivity index (χ1v) is 4.54. The van der Waals surface area contributed by atoms with Crippen LogP contribution in [0, 0.1) is 0 Å². The Kier molecular flexibility index (Phi) is 17.3. The lowest BCUT2D eigenvalue weighted by Crippen LogP contribution is -3.00. The molecule has 12 heavy (non-hydrogen) atoms. The molecule has 0 unspecified atom stereocenters. The third kappa shape index (κ3) is 5.98. The molecular formula is C9H24BrNO. The minimum atomic E-state index is 0. The van der Waals surface area contributed by atoms with Gasteiger partial charge in [0.25, 0.3) is 0 Å². The molecule has 0 saturated heterocycles. The highest BCUT2D eigenvalue weighted by atomic mass is 79.9. The lowest BCUT2D eigenvalue weighted by molar-refractivity contribution is -0.921. The van der Waals surface area contributed by atoms with Gasteiger partial charge in [0.2, 0.25) is 0 Å². The molecule has 0 aliphatic carbocycles. The fourth-order valence-corrected chi connectivity index (χ4v) is 1.34. The number of hydrogen-bond donors (Lipinski definition) is 1. The summed E-state index contributed by atoms with van der Waals surface area (Å²) < 4.78 is 1.28. The Labute approximate surface area is 87.9 Å². The number of aliphatic hydroxyl groups is 1. The maximum atomic E-state index is 7.00. The van der Waals surface area contributed by atoms with Crippen molar-refractivity contribution in [2.75, 3.05) is 33.3 Å². The monoisotopic (exact) mass is 241 g/mol. The summed E-state index contributed by atoms with van der Waals surface area (Å²) in [4.78, 5) is 0. The van der Waals surface area contributed by atoms with E-state index in [9.17, 15) is 0 Å². The minimum absolute atomic E-state index is 0. The summed E-state index contributed by atoms with van der Waals surface area (Å²) in [6, 6.07) is 0. The number of halogens is 1. The van der Waals surface area contributed by atoms with Gasteiger partial charge in [-0.25, -0.2) is 0 Å². The van der Waals surface area contributed by atoms with Crippen LogP contribution in [0.1, 0.15) is 27.7 Å². The summed E-state index contributed by atoms with van der Waals surface area (Å²) >= 11 is 0. The van der Waals surface area contributed by atoms with Crippen molar-refractivity contribution >= 4 is 0 Å². The van der Waals surface area contributed by atoms with Gasteiger partial charge in [-0.1, -0.05) is 0 Å². The second-order valence-electron chi connectivity index (χ2n) is 2.61. The van der Waals surface area contributed by atoms with Crippen LogP contribution < -0.4 is 17.0 Å². The molecule has 0 radical (unpaired) electrons. The van der Waals surface area contributed by atoms with Crippen LogP contribution in [0.4, 0.5) is 0 Å². The van der Waals surface area contributed by atoms with Crippen molar-refractivity contribution in [2.24, 2.45) is 0 Å². The molecule has 1 N–H and O–H groups in total. The normalized spacial score (nSPS) is 9.50. The molecule has 0 bridgehead atoms. The first-order chi connectivity index (χ1) is 5.24. The van der Waals surface area contributed by atoms with Gasteiger partial charge >= 0.3 is 0 Å². The first-order valence-electron chi connectivity index (χ1n) is 4.54. The van der Waals surface area contributed by atoms with Crippen molar-refractivity contribution in [1.29, 1.82) is 0 Å². The molecule has 0 aromatic rings. The van der Waals surface area contributed by atoms with Crippen molar-refractivity contribution in [3.63, 3.8) is 0 Å². The zero-order chi connectivity index (χ0) is 9.33. The first kappa shape index (κ1) is 18.2. The summed E-state index contributed by atoms with van der Waals surface area (Å²) in [5, 5.41) is 7.00. The van der Waals surface area contributed by atoms with Crippen molar-refractivity contribution in [3.05, 3.63) is 0 Å². The highest BCUT2D eigenvalue weighted by Crippen LogP contribution is 2.03. The second-order valence-corrected chi connectivity index (χ2v) is 2.61. The molecule has 0 aromatic heterocycles. The number of nitrogens with zero attached hydrogens (tertiary/aromatic N) is 1. The fourth-order valence-electron chi connectivity index (χ4n) is 1.34. The van der Waals surface area contributed by atoms with E-state index in [4.69, 9.17) is 5.11 Å². The Bertz CT molecular complexity index is 57.4. The van der Waals surface area contributed by atoms with Gasteiger partial charge < -0.3 is 26.6 Å². The molecule has 0 aliphatic rings. The predicted octanol–water partition coefficient (Wildman–Crippen LogP) is -1.50. The van der Waals surface area contributed by atoms with Crippen LogP contribution in [0.15, 0.2) is 0 Å². The summed E-state index contributed by atoms with van der Waals surface area (Å²) in [5.74, 6) is 0. The predicted molar refractivity (Wildman–Crippen MR) is 50.6 cm³/mol. The smallest absolute Gasteiger partial charge is 0.0757 e. The van der Waals surface area contributed by atoms with E-state index >= 15 is 0 Å². The highest BCUT2D eigenvalue weighted by Gasteiger charge is 2.16. The number of quaternary nitrogens is 1. The van der Waals surface area contributed by atoms with Crippen LogP contribution in [0.5, 0.6) is 0 Å². The number of rotatable bonds is 4. The van der Waals surface area contributed by atoms with Gasteiger partial charge in [-0.2, -0.15) is 0 Å². The number of aliphatic hydroxyl groups excluding tert-OH is 1. The summed E-state index contributed by atoms with van der Waals surface area (Å²) in [5.41, 5.74) is 0. The van der Waals surface area contributed by atoms with E-state index < -0.39 is 0 Å². The van der Waals surface area contributed by atoms with Crippen LogP contribution in [-0.2, 0) is 0 Å².